The zero-order valence-electron chi connectivity index (χ0n) is 22.3. The van der Waals surface area contributed by atoms with Gasteiger partial charge in [-0.05, 0) is 93.5 Å². The fraction of sp³-hybridized carbons (Fsp3) is 0.581. The molecule has 1 aromatic heterocycles. The summed E-state index contributed by atoms with van der Waals surface area (Å²) in [5, 5.41) is 3.21. The van der Waals surface area contributed by atoms with E-state index in [0.29, 0.717) is 18.8 Å². The highest BCUT2D eigenvalue weighted by Gasteiger charge is 2.51. The number of carbonyl (C=O) groups is 1. The third kappa shape index (κ3) is 4.59. The Bertz CT molecular complexity index is 1210. The summed E-state index contributed by atoms with van der Waals surface area (Å²) in [5.41, 5.74) is 3.45. The van der Waals surface area contributed by atoms with Gasteiger partial charge >= 0.3 is 0 Å². The number of fused-ring (bicyclic) bond motifs is 1. The molecule has 2 aliphatic heterocycles. The van der Waals surface area contributed by atoms with E-state index in [4.69, 9.17) is 9.47 Å². The zero-order chi connectivity index (χ0) is 25.7. The van der Waals surface area contributed by atoms with Crippen molar-refractivity contribution in [2.75, 3.05) is 11.9 Å². The van der Waals surface area contributed by atoms with Crippen molar-refractivity contribution >= 4 is 11.7 Å². The number of nitrogens with zero attached hydrogens (tertiary/aromatic N) is 3. The van der Waals surface area contributed by atoms with Gasteiger partial charge in [0.2, 0.25) is 5.91 Å². The second-order valence-electron chi connectivity index (χ2n) is 12.6. The van der Waals surface area contributed by atoms with Gasteiger partial charge in [-0.25, -0.2) is 9.97 Å². The minimum atomic E-state index is 0.0377. The van der Waals surface area contributed by atoms with Crippen LogP contribution in [0.15, 0.2) is 54.2 Å². The molecule has 1 unspecified atom stereocenters. The SMILES string of the molecule is CC(C1=COC=C(C2=CC=CCC2)O1)N1CCc2c(ncnc2NC(=O)CC23CC4CC(CC(C4)C2)C3)C1. The van der Waals surface area contributed by atoms with Crippen LogP contribution < -0.4 is 5.32 Å². The number of rotatable bonds is 6. The highest BCUT2D eigenvalue weighted by Crippen LogP contribution is 2.61. The average Bonchev–Trinajstić information content (AvgIpc) is 2.92. The maximum atomic E-state index is 13.3. The lowest BCUT2D eigenvalue weighted by atomic mass is 9.49. The molecule has 0 spiro atoms. The molecule has 7 aliphatic rings. The first-order chi connectivity index (χ1) is 18.5. The van der Waals surface area contributed by atoms with Crippen LogP contribution in [0.1, 0.15) is 76.0 Å². The molecule has 0 radical (unpaired) electrons. The minimum absolute atomic E-state index is 0.0377. The van der Waals surface area contributed by atoms with Crippen LogP contribution in [0.25, 0.3) is 0 Å². The first-order valence-corrected chi connectivity index (χ1v) is 14.5. The standard InChI is InChI=1S/C31H38N4O3/c1-20(27-17-37-18-28(38-27)24-5-3-2-4-6-24)35-8-7-25-26(16-35)32-19-33-30(25)34-29(36)15-31-12-21-9-22(13-31)11-23(10-21)14-31/h2-3,5,17-23H,4,6-16H2,1H3,(H,32,33,34,36). The third-order valence-corrected chi connectivity index (χ3v) is 9.87. The Hall–Kier alpha value is -2.93. The monoisotopic (exact) mass is 514 g/mol. The van der Waals surface area contributed by atoms with E-state index in [-0.39, 0.29) is 17.4 Å². The molecule has 8 rings (SSSR count). The summed E-state index contributed by atoms with van der Waals surface area (Å²) in [7, 11) is 0. The molecule has 1 aromatic rings. The first-order valence-electron chi connectivity index (χ1n) is 14.5. The highest BCUT2D eigenvalue weighted by atomic mass is 16.5. The predicted octanol–water partition coefficient (Wildman–Crippen LogP) is 5.77. The number of carbonyl (C=O) groups excluding carboxylic acids is 1. The Morgan fingerprint density at radius 2 is 1.92 bits per heavy atom. The molecule has 1 atom stereocenters. The van der Waals surface area contributed by atoms with E-state index in [9.17, 15) is 4.79 Å². The van der Waals surface area contributed by atoms with Crippen molar-refractivity contribution in [1.29, 1.82) is 0 Å². The maximum Gasteiger partial charge on any atom is 0.226 e. The molecule has 7 nitrogen and oxygen atoms in total. The van der Waals surface area contributed by atoms with Crippen molar-refractivity contribution in [3.05, 3.63) is 65.4 Å². The maximum absolute atomic E-state index is 13.3. The van der Waals surface area contributed by atoms with Crippen LogP contribution in [0.5, 0.6) is 0 Å². The molecule has 7 heteroatoms. The van der Waals surface area contributed by atoms with Crippen LogP contribution in [0.2, 0.25) is 0 Å². The van der Waals surface area contributed by atoms with Gasteiger partial charge in [-0.3, -0.25) is 9.69 Å². The summed E-state index contributed by atoms with van der Waals surface area (Å²) in [4.78, 5) is 24.8. The van der Waals surface area contributed by atoms with Crippen molar-refractivity contribution in [3.63, 3.8) is 0 Å². The molecule has 4 saturated carbocycles. The van der Waals surface area contributed by atoms with Crippen molar-refractivity contribution in [2.24, 2.45) is 23.2 Å². The summed E-state index contributed by atoms with van der Waals surface area (Å²) in [6, 6.07) is 0.0377. The van der Waals surface area contributed by atoms with Gasteiger partial charge in [0.25, 0.3) is 0 Å². The van der Waals surface area contributed by atoms with E-state index in [1.165, 1.54) is 38.5 Å². The normalized spacial score (nSPS) is 32.3. The topological polar surface area (TPSA) is 76.6 Å². The molecular weight excluding hydrogens is 476 g/mol. The number of nitrogens with one attached hydrogen (secondary N) is 1. The van der Waals surface area contributed by atoms with Crippen LogP contribution in [0.3, 0.4) is 0 Å². The minimum Gasteiger partial charge on any atom is -0.465 e. The summed E-state index contributed by atoms with van der Waals surface area (Å²) in [6.07, 6.45) is 22.7. The van der Waals surface area contributed by atoms with Gasteiger partial charge in [-0.2, -0.15) is 0 Å². The quantitative estimate of drug-likeness (QED) is 0.519. The lowest BCUT2D eigenvalue weighted by Gasteiger charge is -2.56. The van der Waals surface area contributed by atoms with Gasteiger partial charge < -0.3 is 14.8 Å². The van der Waals surface area contributed by atoms with Crippen LogP contribution in [-0.2, 0) is 27.2 Å². The molecule has 200 valence electrons. The zero-order valence-corrected chi connectivity index (χ0v) is 22.3. The Kier molecular flexibility index (Phi) is 6.14. The molecule has 1 amide bonds. The van der Waals surface area contributed by atoms with Crippen LogP contribution in [-0.4, -0.2) is 33.4 Å². The van der Waals surface area contributed by atoms with Crippen molar-refractivity contribution in [2.45, 2.75) is 83.7 Å². The van der Waals surface area contributed by atoms with Crippen molar-refractivity contribution in [1.82, 2.24) is 14.9 Å². The molecular formula is C31H38N4O3. The number of allylic oxidation sites excluding steroid dienone is 4. The van der Waals surface area contributed by atoms with E-state index in [0.717, 1.165) is 71.9 Å². The summed E-state index contributed by atoms with van der Waals surface area (Å²) >= 11 is 0. The molecule has 0 saturated heterocycles. The number of hydrogen-bond donors (Lipinski definition) is 1. The van der Waals surface area contributed by atoms with E-state index in [1.807, 2.05) is 0 Å². The molecule has 3 heterocycles. The van der Waals surface area contributed by atoms with Gasteiger partial charge in [0.05, 0.1) is 11.7 Å². The predicted molar refractivity (Wildman–Crippen MR) is 144 cm³/mol. The van der Waals surface area contributed by atoms with Gasteiger partial charge in [0, 0.05) is 25.1 Å². The van der Waals surface area contributed by atoms with Crippen LogP contribution in [0, 0.1) is 23.2 Å². The average molecular weight is 515 g/mol. The fourth-order valence-electron chi connectivity index (χ4n) is 8.49. The molecule has 4 fully saturated rings. The largest absolute Gasteiger partial charge is 0.465 e. The first kappa shape index (κ1) is 24.1. The van der Waals surface area contributed by atoms with E-state index >= 15 is 0 Å². The number of hydrogen-bond acceptors (Lipinski definition) is 6. The van der Waals surface area contributed by atoms with Crippen molar-refractivity contribution in [3.8, 4) is 0 Å². The lowest BCUT2D eigenvalue weighted by molar-refractivity contribution is -0.124. The molecule has 38 heavy (non-hydrogen) atoms. The summed E-state index contributed by atoms with van der Waals surface area (Å²) < 4.78 is 12.0. The van der Waals surface area contributed by atoms with Gasteiger partial charge in [-0.15, -0.1) is 0 Å². The number of anilines is 1. The van der Waals surface area contributed by atoms with Crippen LogP contribution >= 0.6 is 0 Å². The van der Waals surface area contributed by atoms with E-state index < -0.39 is 0 Å². The molecule has 4 bridgehead atoms. The number of aromatic nitrogens is 2. The third-order valence-electron chi connectivity index (χ3n) is 9.87. The van der Waals surface area contributed by atoms with Gasteiger partial charge in [0.15, 0.2) is 11.5 Å². The molecule has 1 N–H and O–H groups in total. The Morgan fingerprint density at radius 3 is 2.66 bits per heavy atom. The fourth-order valence-corrected chi connectivity index (χ4v) is 8.49. The molecule has 5 aliphatic carbocycles. The van der Waals surface area contributed by atoms with Crippen LogP contribution in [0.4, 0.5) is 5.82 Å². The van der Waals surface area contributed by atoms with E-state index in [2.05, 4.69) is 45.3 Å². The second-order valence-corrected chi connectivity index (χ2v) is 12.6. The Morgan fingerprint density at radius 1 is 1.13 bits per heavy atom. The lowest BCUT2D eigenvalue weighted by Crippen LogP contribution is -2.47. The smallest absolute Gasteiger partial charge is 0.226 e. The number of ether oxygens (including phenoxy) is 2. The van der Waals surface area contributed by atoms with Crippen molar-refractivity contribution < 1.29 is 14.3 Å². The van der Waals surface area contributed by atoms with Gasteiger partial charge in [0.1, 0.15) is 24.7 Å². The summed E-state index contributed by atoms with van der Waals surface area (Å²) in [5.74, 6) is 4.99. The summed E-state index contributed by atoms with van der Waals surface area (Å²) in [6.45, 7) is 3.67. The second kappa shape index (κ2) is 9.67. The van der Waals surface area contributed by atoms with Gasteiger partial charge in [-0.1, -0.05) is 18.2 Å². The highest BCUT2D eigenvalue weighted by molar-refractivity contribution is 5.91. The number of amides is 1. The van der Waals surface area contributed by atoms with E-state index in [1.54, 1.807) is 18.9 Å². The Labute approximate surface area is 225 Å². The Balaban J connectivity index is 1.00. The molecule has 0 aromatic carbocycles.